The van der Waals surface area contributed by atoms with Crippen molar-refractivity contribution in [2.24, 2.45) is 0 Å². The van der Waals surface area contributed by atoms with Crippen molar-refractivity contribution in [1.82, 2.24) is 10.6 Å². The monoisotopic (exact) mass is 394 g/mol. The van der Waals surface area contributed by atoms with Crippen LogP contribution in [0.1, 0.15) is 25.0 Å². The molecular formula is C20H21F3N2O3. The highest BCUT2D eigenvalue weighted by Crippen LogP contribution is 2.21. The maximum Gasteiger partial charge on any atom is 0.405 e. The highest BCUT2D eigenvalue weighted by molar-refractivity contribution is 5.85. The van der Waals surface area contributed by atoms with Crippen LogP contribution in [0.25, 0.3) is 0 Å². The van der Waals surface area contributed by atoms with Crippen molar-refractivity contribution in [3.05, 3.63) is 71.0 Å². The van der Waals surface area contributed by atoms with Gasteiger partial charge in [0.05, 0.1) is 0 Å². The molecule has 0 heterocycles. The van der Waals surface area contributed by atoms with Crippen LogP contribution in [0.4, 0.5) is 18.0 Å². The van der Waals surface area contributed by atoms with Gasteiger partial charge in [-0.15, -0.1) is 0 Å². The van der Waals surface area contributed by atoms with E-state index in [1.165, 1.54) is 19.1 Å². The molecule has 2 aromatic rings. The Hall–Kier alpha value is -3.03. The molecule has 0 fully saturated rings. The van der Waals surface area contributed by atoms with Crippen molar-refractivity contribution in [1.29, 1.82) is 0 Å². The lowest BCUT2D eigenvalue weighted by Crippen LogP contribution is -2.55. The lowest BCUT2D eigenvalue weighted by atomic mass is 9.86. The van der Waals surface area contributed by atoms with Crippen LogP contribution in [0.2, 0.25) is 0 Å². The van der Waals surface area contributed by atoms with E-state index in [4.69, 9.17) is 5.11 Å². The summed E-state index contributed by atoms with van der Waals surface area (Å²) in [5.41, 5.74) is 0.00465. The summed E-state index contributed by atoms with van der Waals surface area (Å²) in [7, 11) is 0. The summed E-state index contributed by atoms with van der Waals surface area (Å²) in [5.74, 6) is -2.50. The zero-order chi connectivity index (χ0) is 20.9. The Morgan fingerprint density at radius 2 is 1.50 bits per heavy atom. The van der Waals surface area contributed by atoms with Crippen molar-refractivity contribution in [3.63, 3.8) is 0 Å². The number of halogens is 3. The summed E-state index contributed by atoms with van der Waals surface area (Å²) in [6, 6.07) is 7.68. The fraction of sp³-hybridized carbons (Fsp3) is 0.300. The van der Waals surface area contributed by atoms with Gasteiger partial charge in [-0.25, -0.2) is 18.0 Å². The molecule has 0 aliphatic carbocycles. The summed E-state index contributed by atoms with van der Waals surface area (Å²) in [4.78, 5) is 23.2. The van der Waals surface area contributed by atoms with E-state index in [0.29, 0.717) is 11.1 Å². The largest absolute Gasteiger partial charge is 0.465 e. The van der Waals surface area contributed by atoms with Crippen molar-refractivity contribution >= 4 is 12.0 Å². The molecule has 2 amide bonds. The van der Waals surface area contributed by atoms with E-state index in [0.717, 1.165) is 18.2 Å². The van der Waals surface area contributed by atoms with E-state index < -0.39 is 41.0 Å². The number of nitrogens with one attached hydrogen (secondary N) is 2. The molecule has 0 aliphatic heterocycles. The van der Waals surface area contributed by atoms with Gasteiger partial charge in [0, 0.05) is 11.6 Å². The van der Waals surface area contributed by atoms with Crippen molar-refractivity contribution in [2.45, 2.75) is 38.3 Å². The van der Waals surface area contributed by atoms with Gasteiger partial charge < -0.3 is 15.7 Å². The number of hydrogen-bond acceptors (Lipinski definition) is 2. The predicted molar refractivity (Wildman–Crippen MR) is 97.3 cm³/mol. The van der Waals surface area contributed by atoms with Crippen molar-refractivity contribution in [3.8, 4) is 0 Å². The van der Waals surface area contributed by atoms with Gasteiger partial charge >= 0.3 is 6.09 Å². The molecular weight excluding hydrogens is 373 g/mol. The first kappa shape index (κ1) is 21.3. The predicted octanol–water partition coefficient (Wildman–Crippen LogP) is 3.42. The van der Waals surface area contributed by atoms with Crippen LogP contribution >= 0.6 is 0 Å². The number of rotatable bonds is 7. The van der Waals surface area contributed by atoms with Crippen LogP contribution in [0.5, 0.6) is 0 Å². The van der Waals surface area contributed by atoms with Gasteiger partial charge in [0.25, 0.3) is 0 Å². The molecule has 2 atom stereocenters. The molecule has 2 aromatic carbocycles. The molecule has 0 aliphatic rings. The van der Waals surface area contributed by atoms with E-state index in [1.54, 1.807) is 19.1 Å². The number of carbonyl (C=O) groups excluding carboxylic acids is 1. The standard InChI is InChI=1S/C20H21F3N2O3/c1-12(24-19(27)28)18(26)25-20(2,10-13-3-5-15(21)6-4-13)11-14-7-16(22)9-17(23)8-14/h3-9,12,24H,10-11H2,1-2H3,(H,25,26)(H,27,28)/t12-,20?/m1/s1. The number of carboxylic acid groups (broad SMARTS) is 1. The number of amides is 2. The van der Waals surface area contributed by atoms with E-state index >= 15 is 0 Å². The minimum Gasteiger partial charge on any atom is -0.465 e. The molecule has 8 heteroatoms. The Bertz CT molecular complexity index is 838. The van der Waals surface area contributed by atoms with Gasteiger partial charge in [-0.3, -0.25) is 4.79 Å². The van der Waals surface area contributed by atoms with E-state index in [1.807, 2.05) is 0 Å². The number of hydrogen-bond donors (Lipinski definition) is 3. The molecule has 5 nitrogen and oxygen atoms in total. The molecule has 150 valence electrons. The van der Waals surface area contributed by atoms with Crippen LogP contribution in [0, 0.1) is 17.5 Å². The van der Waals surface area contributed by atoms with Crippen LogP contribution < -0.4 is 10.6 Å². The number of carbonyl (C=O) groups is 2. The van der Waals surface area contributed by atoms with Crippen LogP contribution in [0.3, 0.4) is 0 Å². The lowest BCUT2D eigenvalue weighted by molar-refractivity contribution is -0.124. The molecule has 0 spiro atoms. The van der Waals surface area contributed by atoms with Crippen molar-refractivity contribution in [2.75, 3.05) is 0 Å². The minimum atomic E-state index is -1.35. The van der Waals surface area contributed by atoms with Gasteiger partial charge in [0.1, 0.15) is 23.5 Å². The first-order valence-corrected chi connectivity index (χ1v) is 8.57. The zero-order valence-corrected chi connectivity index (χ0v) is 15.4. The van der Waals surface area contributed by atoms with Crippen LogP contribution in [-0.2, 0) is 17.6 Å². The third-order valence-electron chi connectivity index (χ3n) is 4.18. The molecule has 0 aromatic heterocycles. The maximum absolute atomic E-state index is 13.6. The summed E-state index contributed by atoms with van der Waals surface area (Å²) in [6.45, 7) is 3.05. The molecule has 2 rings (SSSR count). The Morgan fingerprint density at radius 1 is 0.964 bits per heavy atom. The number of benzene rings is 2. The second-order valence-electron chi connectivity index (χ2n) is 6.98. The molecule has 1 unspecified atom stereocenters. The van der Waals surface area contributed by atoms with Gasteiger partial charge in [-0.2, -0.15) is 0 Å². The Labute approximate surface area is 160 Å². The maximum atomic E-state index is 13.6. The minimum absolute atomic E-state index is 0.0740. The molecule has 28 heavy (non-hydrogen) atoms. The van der Waals surface area contributed by atoms with Gasteiger partial charge in [-0.05, 0) is 62.1 Å². The molecule has 0 radical (unpaired) electrons. The average Bonchev–Trinajstić information content (AvgIpc) is 2.55. The Morgan fingerprint density at radius 3 is 2.04 bits per heavy atom. The Balaban J connectivity index is 2.28. The average molecular weight is 394 g/mol. The van der Waals surface area contributed by atoms with Crippen LogP contribution in [0.15, 0.2) is 42.5 Å². The Kier molecular flexibility index (Phi) is 6.66. The third kappa shape index (κ3) is 6.29. The fourth-order valence-corrected chi connectivity index (χ4v) is 3.02. The van der Waals surface area contributed by atoms with E-state index in [2.05, 4.69) is 10.6 Å². The first-order valence-electron chi connectivity index (χ1n) is 8.57. The fourth-order valence-electron chi connectivity index (χ4n) is 3.02. The van der Waals surface area contributed by atoms with Gasteiger partial charge in [0.2, 0.25) is 5.91 Å². The molecule has 0 bridgehead atoms. The highest BCUT2D eigenvalue weighted by atomic mass is 19.1. The third-order valence-corrected chi connectivity index (χ3v) is 4.18. The van der Waals surface area contributed by atoms with Gasteiger partial charge in [0.15, 0.2) is 0 Å². The SMILES string of the molecule is C[C@@H](NC(=O)O)C(=O)NC(C)(Cc1ccc(F)cc1)Cc1cc(F)cc(F)c1. The summed E-state index contributed by atoms with van der Waals surface area (Å²) in [5, 5.41) is 13.6. The normalized spacial score (nSPS) is 14.0. The van der Waals surface area contributed by atoms with Crippen LogP contribution in [-0.4, -0.2) is 28.7 Å². The van der Waals surface area contributed by atoms with E-state index in [9.17, 15) is 22.8 Å². The molecule has 3 N–H and O–H groups in total. The zero-order valence-electron chi connectivity index (χ0n) is 15.4. The second-order valence-corrected chi connectivity index (χ2v) is 6.98. The first-order chi connectivity index (χ1) is 13.1. The molecule has 0 saturated carbocycles. The summed E-state index contributed by atoms with van der Waals surface area (Å²) >= 11 is 0. The molecule has 0 saturated heterocycles. The van der Waals surface area contributed by atoms with Crippen molar-refractivity contribution < 1.29 is 27.9 Å². The smallest absolute Gasteiger partial charge is 0.405 e. The summed E-state index contributed by atoms with van der Waals surface area (Å²) in [6.07, 6.45) is -1.04. The van der Waals surface area contributed by atoms with E-state index in [-0.39, 0.29) is 12.8 Å². The lowest BCUT2D eigenvalue weighted by Gasteiger charge is -2.32. The second kappa shape index (κ2) is 8.77. The van der Waals surface area contributed by atoms with Gasteiger partial charge in [-0.1, -0.05) is 12.1 Å². The summed E-state index contributed by atoms with van der Waals surface area (Å²) < 4.78 is 40.3. The highest BCUT2D eigenvalue weighted by Gasteiger charge is 2.30. The topological polar surface area (TPSA) is 78.4 Å². The quantitative estimate of drug-likeness (QED) is 0.673.